The van der Waals surface area contributed by atoms with Crippen LogP contribution >= 0.6 is 11.6 Å². The number of nitrogens with zero attached hydrogens (tertiary/aromatic N) is 2. The van der Waals surface area contributed by atoms with E-state index in [0.29, 0.717) is 30.0 Å². The Morgan fingerprint density at radius 1 is 1.47 bits per heavy atom. The highest BCUT2D eigenvalue weighted by Gasteiger charge is 2.15. The second kappa shape index (κ2) is 6.14. The van der Waals surface area contributed by atoms with Gasteiger partial charge < -0.3 is 15.0 Å². The molecule has 0 saturated carbocycles. The summed E-state index contributed by atoms with van der Waals surface area (Å²) in [5, 5.41) is 4.58. The zero-order valence-corrected chi connectivity index (χ0v) is 11.6. The zero-order chi connectivity index (χ0) is 13.8. The van der Waals surface area contributed by atoms with Crippen molar-refractivity contribution in [2.45, 2.75) is 19.9 Å². The van der Waals surface area contributed by atoms with E-state index in [-0.39, 0.29) is 6.04 Å². The third-order valence-electron chi connectivity index (χ3n) is 2.68. The molecule has 0 amide bonds. The molecule has 1 heterocycles. The van der Waals surface area contributed by atoms with Crippen molar-refractivity contribution in [3.63, 3.8) is 0 Å². The molecule has 0 spiro atoms. The number of rotatable bonds is 5. The molecule has 2 rings (SSSR count). The Bertz CT molecular complexity index is 557. The van der Waals surface area contributed by atoms with Crippen LogP contribution in [-0.2, 0) is 4.74 Å². The summed E-state index contributed by atoms with van der Waals surface area (Å²) in [6.07, 6.45) is 0. The number of hydrogen-bond acceptors (Lipinski definition) is 5. The van der Waals surface area contributed by atoms with Crippen LogP contribution < -0.4 is 5.73 Å². The molecule has 2 aromatic rings. The number of halogens is 1. The molecule has 2 N–H and O–H groups in total. The van der Waals surface area contributed by atoms with Crippen molar-refractivity contribution >= 4 is 11.6 Å². The highest BCUT2D eigenvalue weighted by Crippen LogP contribution is 2.24. The Kier molecular flexibility index (Phi) is 4.52. The highest BCUT2D eigenvalue weighted by atomic mass is 35.5. The molecule has 1 aromatic carbocycles. The molecular formula is C13H16ClN3O2. The fraction of sp³-hybridized carbons (Fsp3) is 0.385. The Balaban J connectivity index is 2.18. The summed E-state index contributed by atoms with van der Waals surface area (Å²) < 4.78 is 10.4. The smallest absolute Gasteiger partial charge is 0.257 e. The monoisotopic (exact) mass is 281 g/mol. The summed E-state index contributed by atoms with van der Waals surface area (Å²) in [6, 6.07) is 5.15. The zero-order valence-electron chi connectivity index (χ0n) is 10.9. The summed E-state index contributed by atoms with van der Waals surface area (Å²) in [4.78, 5) is 4.28. The van der Waals surface area contributed by atoms with Crippen molar-refractivity contribution in [3.8, 4) is 11.5 Å². The maximum absolute atomic E-state index is 5.98. The van der Waals surface area contributed by atoms with Gasteiger partial charge in [0.25, 0.3) is 5.89 Å². The summed E-state index contributed by atoms with van der Waals surface area (Å²) in [7, 11) is 0. The van der Waals surface area contributed by atoms with Crippen LogP contribution in [0.3, 0.4) is 0 Å². The lowest BCUT2D eigenvalue weighted by Crippen LogP contribution is -2.18. The number of aryl methyl sites for hydroxylation is 1. The molecule has 0 aliphatic heterocycles. The van der Waals surface area contributed by atoms with E-state index in [9.17, 15) is 0 Å². The van der Waals surface area contributed by atoms with Crippen LogP contribution in [-0.4, -0.2) is 23.4 Å². The fourth-order valence-corrected chi connectivity index (χ4v) is 1.72. The Morgan fingerprint density at radius 3 is 2.95 bits per heavy atom. The molecule has 0 saturated heterocycles. The van der Waals surface area contributed by atoms with E-state index < -0.39 is 0 Å². The van der Waals surface area contributed by atoms with E-state index >= 15 is 0 Å². The molecule has 6 heteroatoms. The lowest BCUT2D eigenvalue weighted by Gasteiger charge is -2.05. The van der Waals surface area contributed by atoms with Crippen LogP contribution in [0.1, 0.15) is 24.4 Å². The van der Waals surface area contributed by atoms with Crippen LogP contribution in [0.25, 0.3) is 11.5 Å². The highest BCUT2D eigenvalue weighted by molar-refractivity contribution is 6.31. The maximum atomic E-state index is 5.98. The molecule has 102 valence electrons. The first kappa shape index (κ1) is 14.0. The Morgan fingerprint density at radius 2 is 2.26 bits per heavy atom. The standard InChI is InChI=1S/C13H16ClN3O2/c1-3-18-7-11(15)12-16-13(19-17-12)9-4-5-10(14)8(2)6-9/h4-6,11H,3,7,15H2,1-2H3. The SMILES string of the molecule is CCOCC(N)c1noc(-c2ccc(Cl)c(C)c2)n1. The quantitative estimate of drug-likeness (QED) is 0.912. The normalized spacial score (nSPS) is 12.6. The van der Waals surface area contributed by atoms with Crippen molar-refractivity contribution in [1.82, 2.24) is 10.1 Å². The first-order chi connectivity index (χ1) is 9.11. The Hall–Kier alpha value is -1.43. The lowest BCUT2D eigenvalue weighted by molar-refractivity contribution is 0.130. The number of ether oxygens (including phenoxy) is 1. The average molecular weight is 282 g/mol. The van der Waals surface area contributed by atoms with Crippen molar-refractivity contribution in [3.05, 3.63) is 34.6 Å². The fourth-order valence-electron chi connectivity index (χ4n) is 1.60. The van der Waals surface area contributed by atoms with Crippen LogP contribution in [0.15, 0.2) is 22.7 Å². The number of aromatic nitrogens is 2. The summed E-state index contributed by atoms with van der Waals surface area (Å²) in [5.74, 6) is 0.873. The number of benzene rings is 1. The molecule has 5 nitrogen and oxygen atoms in total. The van der Waals surface area contributed by atoms with Gasteiger partial charge in [0.05, 0.1) is 12.6 Å². The van der Waals surface area contributed by atoms with Crippen LogP contribution in [0.4, 0.5) is 0 Å². The van der Waals surface area contributed by atoms with E-state index in [1.807, 2.05) is 26.0 Å². The van der Waals surface area contributed by atoms with Gasteiger partial charge in [0.2, 0.25) is 0 Å². The topological polar surface area (TPSA) is 74.2 Å². The minimum Gasteiger partial charge on any atom is -0.380 e. The summed E-state index contributed by atoms with van der Waals surface area (Å²) >= 11 is 5.98. The second-order valence-electron chi connectivity index (χ2n) is 4.19. The molecule has 1 aromatic heterocycles. The van der Waals surface area contributed by atoms with Crippen molar-refractivity contribution in [2.24, 2.45) is 5.73 Å². The van der Waals surface area contributed by atoms with Gasteiger partial charge in [0.1, 0.15) is 0 Å². The van der Waals surface area contributed by atoms with Gasteiger partial charge in [-0.15, -0.1) is 0 Å². The van der Waals surface area contributed by atoms with Gasteiger partial charge in [-0.2, -0.15) is 4.98 Å². The van der Waals surface area contributed by atoms with Gasteiger partial charge in [-0.1, -0.05) is 16.8 Å². The van der Waals surface area contributed by atoms with Crippen LogP contribution in [0, 0.1) is 6.92 Å². The largest absolute Gasteiger partial charge is 0.380 e. The van der Waals surface area contributed by atoms with E-state index in [0.717, 1.165) is 11.1 Å². The summed E-state index contributed by atoms with van der Waals surface area (Å²) in [6.45, 7) is 4.80. The van der Waals surface area contributed by atoms with E-state index in [1.165, 1.54) is 0 Å². The maximum Gasteiger partial charge on any atom is 0.257 e. The molecule has 1 atom stereocenters. The number of hydrogen-bond donors (Lipinski definition) is 1. The van der Waals surface area contributed by atoms with Gasteiger partial charge in [-0.25, -0.2) is 0 Å². The minimum absolute atomic E-state index is 0.370. The first-order valence-electron chi connectivity index (χ1n) is 6.05. The molecule has 0 bridgehead atoms. The lowest BCUT2D eigenvalue weighted by atomic mass is 10.1. The van der Waals surface area contributed by atoms with E-state index in [2.05, 4.69) is 10.1 Å². The van der Waals surface area contributed by atoms with Gasteiger partial charge in [0.15, 0.2) is 5.82 Å². The van der Waals surface area contributed by atoms with Gasteiger partial charge >= 0.3 is 0 Å². The molecule has 19 heavy (non-hydrogen) atoms. The average Bonchev–Trinajstić information content (AvgIpc) is 2.89. The predicted molar refractivity (Wildman–Crippen MR) is 72.9 cm³/mol. The van der Waals surface area contributed by atoms with E-state index in [1.54, 1.807) is 6.07 Å². The van der Waals surface area contributed by atoms with Crippen molar-refractivity contribution in [2.75, 3.05) is 13.2 Å². The third kappa shape index (κ3) is 3.32. The molecular weight excluding hydrogens is 266 g/mol. The Labute approximate surface area is 116 Å². The molecule has 0 fully saturated rings. The van der Waals surface area contributed by atoms with Crippen LogP contribution in [0.5, 0.6) is 0 Å². The first-order valence-corrected chi connectivity index (χ1v) is 6.43. The van der Waals surface area contributed by atoms with E-state index in [4.69, 9.17) is 26.6 Å². The van der Waals surface area contributed by atoms with Gasteiger partial charge in [0, 0.05) is 17.2 Å². The summed E-state index contributed by atoms with van der Waals surface area (Å²) in [5.41, 5.74) is 7.67. The second-order valence-corrected chi connectivity index (χ2v) is 4.59. The molecule has 0 radical (unpaired) electrons. The van der Waals surface area contributed by atoms with Crippen LogP contribution in [0.2, 0.25) is 5.02 Å². The molecule has 0 aliphatic carbocycles. The van der Waals surface area contributed by atoms with Crippen molar-refractivity contribution < 1.29 is 9.26 Å². The van der Waals surface area contributed by atoms with Crippen molar-refractivity contribution in [1.29, 1.82) is 0 Å². The number of nitrogens with two attached hydrogens (primary N) is 1. The molecule has 1 unspecified atom stereocenters. The van der Waals surface area contributed by atoms with Gasteiger partial charge in [-0.3, -0.25) is 0 Å². The van der Waals surface area contributed by atoms with Gasteiger partial charge in [-0.05, 0) is 37.6 Å². The predicted octanol–water partition coefficient (Wildman–Crippen LogP) is 2.73. The minimum atomic E-state index is -0.383. The molecule has 0 aliphatic rings. The third-order valence-corrected chi connectivity index (χ3v) is 3.10.